The second kappa shape index (κ2) is 6.73. The van der Waals surface area contributed by atoms with E-state index in [1.807, 2.05) is 24.3 Å². The molecule has 0 saturated carbocycles. The van der Waals surface area contributed by atoms with Crippen LogP contribution >= 0.6 is 11.6 Å². The van der Waals surface area contributed by atoms with E-state index < -0.39 is 0 Å². The third kappa shape index (κ3) is 3.58. The highest BCUT2D eigenvalue weighted by atomic mass is 35.5. The summed E-state index contributed by atoms with van der Waals surface area (Å²) >= 11 is 5.97. The molecule has 1 atom stereocenters. The number of rotatable bonds is 6. The van der Waals surface area contributed by atoms with Gasteiger partial charge in [0.1, 0.15) is 0 Å². The number of aliphatic hydroxyl groups excluding tert-OH is 1. The Morgan fingerprint density at radius 3 is 2.95 bits per heavy atom. The molecule has 1 unspecified atom stereocenters. The number of hydrogen-bond donors (Lipinski definition) is 2. The van der Waals surface area contributed by atoms with Crippen molar-refractivity contribution in [2.24, 2.45) is 5.92 Å². The van der Waals surface area contributed by atoms with Gasteiger partial charge in [0.25, 0.3) is 0 Å². The van der Waals surface area contributed by atoms with Gasteiger partial charge in [-0.05, 0) is 36.6 Å². The van der Waals surface area contributed by atoms with Crippen LogP contribution in [0.25, 0.3) is 10.9 Å². The zero-order chi connectivity index (χ0) is 13.7. The van der Waals surface area contributed by atoms with Crippen LogP contribution in [0.2, 0.25) is 5.02 Å². The quantitative estimate of drug-likeness (QED) is 0.847. The highest BCUT2D eigenvalue weighted by molar-refractivity contribution is 6.31. The number of hydrogen-bond acceptors (Lipinski definition) is 3. The summed E-state index contributed by atoms with van der Waals surface area (Å²) in [5.74, 6) is 0.487. The Labute approximate surface area is 118 Å². The standard InChI is InChI=1S/C15H19ClN2O/c1-2-11(6-8-19)10-18-14-5-7-17-15-9-12(16)3-4-13(14)15/h3-5,7,9,11,19H,2,6,8,10H2,1H3,(H,17,18). The van der Waals surface area contributed by atoms with Crippen molar-refractivity contribution in [1.82, 2.24) is 4.98 Å². The van der Waals surface area contributed by atoms with Gasteiger partial charge in [-0.15, -0.1) is 0 Å². The zero-order valence-electron chi connectivity index (χ0n) is 11.1. The maximum absolute atomic E-state index is 9.01. The molecule has 102 valence electrons. The molecule has 2 N–H and O–H groups in total. The maximum Gasteiger partial charge on any atom is 0.0737 e. The minimum Gasteiger partial charge on any atom is -0.396 e. The van der Waals surface area contributed by atoms with Crippen molar-refractivity contribution in [3.8, 4) is 0 Å². The van der Waals surface area contributed by atoms with Crippen LogP contribution in [-0.2, 0) is 0 Å². The van der Waals surface area contributed by atoms with Crippen molar-refractivity contribution in [2.45, 2.75) is 19.8 Å². The lowest BCUT2D eigenvalue weighted by Crippen LogP contribution is -2.15. The van der Waals surface area contributed by atoms with Crippen LogP contribution < -0.4 is 5.32 Å². The molecule has 0 spiro atoms. The monoisotopic (exact) mass is 278 g/mol. The Morgan fingerprint density at radius 2 is 2.21 bits per heavy atom. The van der Waals surface area contributed by atoms with Crippen molar-refractivity contribution in [3.63, 3.8) is 0 Å². The molecule has 0 radical (unpaired) electrons. The smallest absolute Gasteiger partial charge is 0.0737 e. The molecule has 1 heterocycles. The van der Waals surface area contributed by atoms with Gasteiger partial charge >= 0.3 is 0 Å². The Kier molecular flexibility index (Phi) is 5.00. The minimum absolute atomic E-state index is 0.243. The average Bonchev–Trinajstić information content (AvgIpc) is 2.43. The topological polar surface area (TPSA) is 45.1 Å². The predicted molar refractivity (Wildman–Crippen MR) is 80.7 cm³/mol. The first-order chi connectivity index (χ1) is 9.24. The van der Waals surface area contributed by atoms with Crippen LogP contribution in [0.15, 0.2) is 30.5 Å². The molecule has 0 bridgehead atoms. The van der Waals surface area contributed by atoms with Gasteiger partial charge < -0.3 is 10.4 Å². The largest absolute Gasteiger partial charge is 0.396 e. The molecule has 19 heavy (non-hydrogen) atoms. The van der Waals surface area contributed by atoms with Crippen molar-refractivity contribution < 1.29 is 5.11 Å². The third-order valence-corrected chi connectivity index (χ3v) is 3.64. The Morgan fingerprint density at radius 1 is 1.37 bits per heavy atom. The number of halogens is 1. The van der Waals surface area contributed by atoms with E-state index in [1.165, 1.54) is 0 Å². The average molecular weight is 279 g/mol. The fourth-order valence-corrected chi connectivity index (χ4v) is 2.33. The summed E-state index contributed by atoms with van der Waals surface area (Å²) in [6.45, 7) is 3.25. The Hall–Kier alpha value is -1.32. The molecule has 3 nitrogen and oxygen atoms in total. The van der Waals surface area contributed by atoms with E-state index in [4.69, 9.17) is 16.7 Å². The lowest BCUT2D eigenvalue weighted by Gasteiger charge is -2.16. The lowest BCUT2D eigenvalue weighted by atomic mass is 10.0. The molecule has 0 aliphatic carbocycles. The molecule has 2 rings (SSSR count). The lowest BCUT2D eigenvalue weighted by molar-refractivity contribution is 0.258. The summed E-state index contributed by atoms with van der Waals surface area (Å²) in [5, 5.41) is 14.2. The van der Waals surface area contributed by atoms with Crippen LogP contribution in [0.1, 0.15) is 19.8 Å². The maximum atomic E-state index is 9.01. The van der Waals surface area contributed by atoms with Gasteiger partial charge in [-0.2, -0.15) is 0 Å². The van der Waals surface area contributed by atoms with Crippen LogP contribution in [0.4, 0.5) is 5.69 Å². The highest BCUT2D eigenvalue weighted by Crippen LogP contribution is 2.24. The second-order valence-corrected chi connectivity index (χ2v) is 5.12. The molecule has 1 aromatic carbocycles. The molecular formula is C15H19ClN2O. The zero-order valence-corrected chi connectivity index (χ0v) is 11.8. The summed E-state index contributed by atoms with van der Waals surface area (Å²) in [7, 11) is 0. The van der Waals surface area contributed by atoms with Crippen molar-refractivity contribution in [3.05, 3.63) is 35.5 Å². The number of anilines is 1. The molecule has 0 aliphatic rings. The van der Waals surface area contributed by atoms with Crippen molar-refractivity contribution >= 4 is 28.2 Å². The van der Waals surface area contributed by atoms with Crippen LogP contribution in [-0.4, -0.2) is 23.2 Å². The van der Waals surface area contributed by atoms with E-state index in [2.05, 4.69) is 17.2 Å². The fourth-order valence-electron chi connectivity index (χ4n) is 2.16. The number of aliphatic hydroxyl groups is 1. The molecule has 0 fully saturated rings. The molecule has 0 saturated heterocycles. The van der Waals surface area contributed by atoms with Gasteiger partial charge in [-0.25, -0.2) is 0 Å². The van der Waals surface area contributed by atoms with Gasteiger partial charge in [-0.3, -0.25) is 4.98 Å². The Balaban J connectivity index is 2.16. The van der Waals surface area contributed by atoms with Gasteiger partial charge in [0.2, 0.25) is 0 Å². The number of fused-ring (bicyclic) bond motifs is 1. The van der Waals surface area contributed by atoms with E-state index in [-0.39, 0.29) is 6.61 Å². The SMILES string of the molecule is CCC(CCO)CNc1ccnc2cc(Cl)ccc12. The van der Waals surface area contributed by atoms with E-state index in [0.29, 0.717) is 10.9 Å². The van der Waals surface area contributed by atoms with E-state index in [0.717, 1.165) is 36.0 Å². The molecule has 0 aliphatic heterocycles. The second-order valence-electron chi connectivity index (χ2n) is 4.69. The first kappa shape index (κ1) is 14.1. The molecule has 2 aromatic rings. The van der Waals surface area contributed by atoms with Crippen molar-refractivity contribution in [1.29, 1.82) is 0 Å². The number of pyridine rings is 1. The first-order valence-corrected chi connectivity index (χ1v) is 7.01. The number of benzene rings is 1. The van der Waals surface area contributed by atoms with E-state index >= 15 is 0 Å². The summed E-state index contributed by atoms with van der Waals surface area (Å²) in [6, 6.07) is 7.71. The van der Waals surface area contributed by atoms with E-state index in [1.54, 1.807) is 6.20 Å². The van der Waals surface area contributed by atoms with Crippen molar-refractivity contribution in [2.75, 3.05) is 18.5 Å². The summed E-state index contributed by atoms with van der Waals surface area (Å²) in [4.78, 5) is 4.32. The van der Waals surface area contributed by atoms with Gasteiger partial charge in [-0.1, -0.05) is 24.9 Å². The summed E-state index contributed by atoms with van der Waals surface area (Å²) in [5.41, 5.74) is 1.96. The molecule has 1 aromatic heterocycles. The number of aromatic nitrogens is 1. The van der Waals surface area contributed by atoms with Gasteiger partial charge in [0, 0.05) is 35.4 Å². The summed E-state index contributed by atoms with van der Waals surface area (Å²) < 4.78 is 0. The fraction of sp³-hybridized carbons (Fsp3) is 0.400. The normalized spacial score (nSPS) is 12.6. The third-order valence-electron chi connectivity index (χ3n) is 3.40. The molecule has 0 amide bonds. The van der Waals surface area contributed by atoms with Crippen LogP contribution in [0, 0.1) is 5.92 Å². The van der Waals surface area contributed by atoms with Crippen LogP contribution in [0.3, 0.4) is 0 Å². The first-order valence-electron chi connectivity index (χ1n) is 6.63. The van der Waals surface area contributed by atoms with Crippen LogP contribution in [0.5, 0.6) is 0 Å². The predicted octanol–water partition coefficient (Wildman–Crippen LogP) is 3.71. The Bertz CT molecular complexity index is 545. The molecular weight excluding hydrogens is 260 g/mol. The number of nitrogens with zero attached hydrogens (tertiary/aromatic N) is 1. The van der Waals surface area contributed by atoms with Gasteiger partial charge in [0.15, 0.2) is 0 Å². The molecule has 4 heteroatoms. The highest BCUT2D eigenvalue weighted by Gasteiger charge is 2.07. The minimum atomic E-state index is 0.243. The summed E-state index contributed by atoms with van der Waals surface area (Å²) in [6.07, 6.45) is 3.68. The van der Waals surface area contributed by atoms with Gasteiger partial charge in [0.05, 0.1) is 5.52 Å². The number of nitrogens with one attached hydrogen (secondary N) is 1. The van der Waals surface area contributed by atoms with E-state index in [9.17, 15) is 0 Å².